The molecule has 3 heteroatoms. The first-order valence-electron chi connectivity index (χ1n) is 7.10. The number of nitrogens with one attached hydrogen (secondary N) is 1. The molecule has 0 aliphatic heterocycles. The molecule has 21 heavy (non-hydrogen) atoms. The SMILES string of the molecule is Cc1cc(NCCc2ccccc2)nc2cc(O)ccc12. The summed E-state index contributed by atoms with van der Waals surface area (Å²) in [5.74, 6) is 1.09. The van der Waals surface area contributed by atoms with Crippen LogP contribution in [0.2, 0.25) is 0 Å². The number of anilines is 1. The first kappa shape index (κ1) is 13.4. The molecule has 2 aromatic carbocycles. The van der Waals surface area contributed by atoms with E-state index in [4.69, 9.17) is 0 Å². The van der Waals surface area contributed by atoms with Crippen LogP contribution in [0.15, 0.2) is 54.6 Å². The Balaban J connectivity index is 1.75. The third kappa shape index (κ3) is 3.14. The molecule has 0 bridgehead atoms. The zero-order valence-corrected chi connectivity index (χ0v) is 12.0. The zero-order chi connectivity index (χ0) is 14.7. The first-order valence-corrected chi connectivity index (χ1v) is 7.10. The molecule has 0 radical (unpaired) electrons. The molecule has 1 heterocycles. The van der Waals surface area contributed by atoms with Crippen molar-refractivity contribution in [2.24, 2.45) is 0 Å². The Labute approximate surface area is 124 Å². The Kier molecular flexibility index (Phi) is 3.73. The number of aromatic nitrogens is 1. The van der Waals surface area contributed by atoms with Crippen molar-refractivity contribution in [3.8, 4) is 5.75 Å². The molecule has 1 aromatic heterocycles. The molecule has 2 N–H and O–H groups in total. The normalized spacial score (nSPS) is 10.7. The smallest absolute Gasteiger partial charge is 0.126 e. The van der Waals surface area contributed by atoms with E-state index in [1.165, 1.54) is 5.56 Å². The van der Waals surface area contributed by atoms with Gasteiger partial charge in [0.05, 0.1) is 5.52 Å². The molecule has 3 aromatic rings. The summed E-state index contributed by atoms with van der Waals surface area (Å²) in [5.41, 5.74) is 3.28. The number of pyridine rings is 1. The summed E-state index contributed by atoms with van der Waals surface area (Å²) >= 11 is 0. The van der Waals surface area contributed by atoms with E-state index in [0.717, 1.165) is 35.2 Å². The van der Waals surface area contributed by atoms with Gasteiger partial charge in [0, 0.05) is 18.0 Å². The summed E-state index contributed by atoms with van der Waals surface area (Å²) in [7, 11) is 0. The molecular formula is C18H18N2O. The van der Waals surface area contributed by atoms with Crippen molar-refractivity contribution >= 4 is 16.7 Å². The highest BCUT2D eigenvalue weighted by molar-refractivity contribution is 5.85. The van der Waals surface area contributed by atoms with Gasteiger partial charge in [-0.3, -0.25) is 0 Å². The van der Waals surface area contributed by atoms with Gasteiger partial charge in [-0.15, -0.1) is 0 Å². The van der Waals surface area contributed by atoms with Crippen molar-refractivity contribution in [3.05, 3.63) is 65.7 Å². The Morgan fingerprint density at radius 3 is 2.67 bits per heavy atom. The molecule has 0 aliphatic carbocycles. The lowest BCUT2D eigenvalue weighted by Crippen LogP contribution is -2.06. The second kappa shape index (κ2) is 5.83. The number of hydrogen-bond acceptors (Lipinski definition) is 3. The summed E-state index contributed by atoms with van der Waals surface area (Å²) in [6.45, 7) is 2.89. The largest absolute Gasteiger partial charge is 0.508 e. The maximum atomic E-state index is 9.58. The van der Waals surface area contributed by atoms with Crippen LogP contribution in [0.5, 0.6) is 5.75 Å². The number of phenolic OH excluding ortho intramolecular Hbond substituents is 1. The highest BCUT2D eigenvalue weighted by Gasteiger charge is 2.03. The highest BCUT2D eigenvalue weighted by Crippen LogP contribution is 2.23. The van der Waals surface area contributed by atoms with Crippen LogP contribution in [0, 0.1) is 6.92 Å². The standard InChI is InChI=1S/C18H18N2O/c1-13-11-18(19-10-9-14-5-3-2-4-6-14)20-17-12-15(21)7-8-16(13)17/h2-8,11-12,21H,9-10H2,1H3,(H,19,20). The fourth-order valence-corrected chi connectivity index (χ4v) is 2.46. The molecule has 0 amide bonds. The van der Waals surface area contributed by atoms with Gasteiger partial charge in [0.25, 0.3) is 0 Å². The number of rotatable bonds is 4. The number of aromatic hydroxyl groups is 1. The van der Waals surface area contributed by atoms with E-state index in [1.54, 1.807) is 12.1 Å². The number of phenols is 1. The Morgan fingerprint density at radius 2 is 1.86 bits per heavy atom. The third-order valence-corrected chi connectivity index (χ3v) is 3.56. The van der Waals surface area contributed by atoms with Crippen molar-refractivity contribution in [3.63, 3.8) is 0 Å². The first-order chi connectivity index (χ1) is 10.2. The van der Waals surface area contributed by atoms with Gasteiger partial charge in [-0.05, 0) is 42.7 Å². The van der Waals surface area contributed by atoms with Gasteiger partial charge in [0.2, 0.25) is 0 Å². The van der Waals surface area contributed by atoms with Crippen LogP contribution < -0.4 is 5.32 Å². The van der Waals surface area contributed by atoms with E-state index in [-0.39, 0.29) is 5.75 Å². The van der Waals surface area contributed by atoms with Crippen LogP contribution in [0.3, 0.4) is 0 Å². The van der Waals surface area contributed by atoms with Gasteiger partial charge in [0.15, 0.2) is 0 Å². The number of aryl methyl sites for hydroxylation is 1. The lowest BCUT2D eigenvalue weighted by Gasteiger charge is -2.09. The molecule has 0 aliphatic rings. The van der Waals surface area contributed by atoms with Gasteiger partial charge >= 0.3 is 0 Å². The van der Waals surface area contributed by atoms with E-state index in [9.17, 15) is 5.11 Å². The average Bonchev–Trinajstić information content (AvgIpc) is 2.48. The second-order valence-corrected chi connectivity index (χ2v) is 5.19. The molecule has 106 valence electrons. The lowest BCUT2D eigenvalue weighted by molar-refractivity contribution is 0.476. The molecule has 3 rings (SSSR count). The monoisotopic (exact) mass is 278 g/mol. The summed E-state index contributed by atoms with van der Waals surface area (Å²) < 4.78 is 0. The summed E-state index contributed by atoms with van der Waals surface area (Å²) in [5, 5.41) is 14.0. The zero-order valence-electron chi connectivity index (χ0n) is 12.0. The molecule has 0 saturated heterocycles. The van der Waals surface area contributed by atoms with Gasteiger partial charge in [0.1, 0.15) is 11.6 Å². The van der Waals surface area contributed by atoms with Gasteiger partial charge in [-0.1, -0.05) is 30.3 Å². The van der Waals surface area contributed by atoms with Crippen molar-refractivity contribution in [1.82, 2.24) is 4.98 Å². The Bertz CT molecular complexity index is 754. The number of hydrogen-bond donors (Lipinski definition) is 2. The minimum Gasteiger partial charge on any atom is -0.508 e. The molecular weight excluding hydrogens is 260 g/mol. The maximum Gasteiger partial charge on any atom is 0.126 e. The average molecular weight is 278 g/mol. The second-order valence-electron chi connectivity index (χ2n) is 5.19. The van der Waals surface area contributed by atoms with Crippen molar-refractivity contribution in [2.75, 3.05) is 11.9 Å². The Hall–Kier alpha value is -2.55. The fraction of sp³-hybridized carbons (Fsp3) is 0.167. The van der Waals surface area contributed by atoms with Crippen molar-refractivity contribution in [1.29, 1.82) is 0 Å². The molecule has 0 spiro atoms. The van der Waals surface area contributed by atoms with Crippen LogP contribution in [-0.4, -0.2) is 16.6 Å². The third-order valence-electron chi connectivity index (χ3n) is 3.56. The molecule has 0 saturated carbocycles. The highest BCUT2D eigenvalue weighted by atomic mass is 16.3. The van der Waals surface area contributed by atoms with Gasteiger partial charge < -0.3 is 10.4 Å². The van der Waals surface area contributed by atoms with Crippen molar-refractivity contribution < 1.29 is 5.11 Å². The molecule has 0 atom stereocenters. The van der Waals surface area contributed by atoms with Crippen LogP contribution >= 0.6 is 0 Å². The molecule has 0 unspecified atom stereocenters. The van der Waals surface area contributed by atoms with E-state index >= 15 is 0 Å². The predicted octanol–water partition coefficient (Wildman–Crippen LogP) is 3.90. The van der Waals surface area contributed by atoms with Crippen LogP contribution in [0.1, 0.15) is 11.1 Å². The lowest BCUT2D eigenvalue weighted by atomic mass is 10.1. The maximum absolute atomic E-state index is 9.58. The molecule has 0 fully saturated rings. The predicted molar refractivity (Wildman–Crippen MR) is 86.8 cm³/mol. The summed E-state index contributed by atoms with van der Waals surface area (Å²) in [6, 6.07) is 17.7. The Morgan fingerprint density at radius 1 is 1.05 bits per heavy atom. The van der Waals surface area contributed by atoms with Crippen LogP contribution in [0.25, 0.3) is 10.9 Å². The quantitative estimate of drug-likeness (QED) is 0.760. The van der Waals surface area contributed by atoms with Crippen LogP contribution in [-0.2, 0) is 6.42 Å². The van der Waals surface area contributed by atoms with Gasteiger partial charge in [-0.25, -0.2) is 4.98 Å². The minimum absolute atomic E-state index is 0.246. The summed E-state index contributed by atoms with van der Waals surface area (Å²) in [4.78, 5) is 4.56. The van der Waals surface area contributed by atoms with Crippen LogP contribution in [0.4, 0.5) is 5.82 Å². The van der Waals surface area contributed by atoms with E-state index in [2.05, 4.69) is 41.5 Å². The van der Waals surface area contributed by atoms with Crippen molar-refractivity contribution in [2.45, 2.75) is 13.3 Å². The van der Waals surface area contributed by atoms with E-state index in [1.807, 2.05) is 18.2 Å². The van der Waals surface area contributed by atoms with Gasteiger partial charge in [-0.2, -0.15) is 0 Å². The number of nitrogens with zero attached hydrogens (tertiary/aromatic N) is 1. The number of fused-ring (bicyclic) bond motifs is 1. The van der Waals surface area contributed by atoms with E-state index < -0.39 is 0 Å². The topological polar surface area (TPSA) is 45.2 Å². The summed E-state index contributed by atoms with van der Waals surface area (Å²) in [6.07, 6.45) is 0.958. The molecule has 3 nitrogen and oxygen atoms in total. The fourth-order valence-electron chi connectivity index (χ4n) is 2.46. The number of benzene rings is 2. The van der Waals surface area contributed by atoms with E-state index in [0.29, 0.717) is 0 Å². The minimum atomic E-state index is 0.246.